The Bertz CT molecular complexity index is 2220. The second kappa shape index (κ2) is 14.3. The van der Waals surface area contributed by atoms with Gasteiger partial charge in [0.2, 0.25) is 17.9 Å². The van der Waals surface area contributed by atoms with Crippen LogP contribution >= 0.6 is 46.4 Å². The molecule has 12 nitrogen and oxygen atoms in total. The Kier molecular flexibility index (Phi) is 10.1. The minimum Gasteiger partial charge on any atom is -0.395 e. The van der Waals surface area contributed by atoms with Gasteiger partial charge in [-0.3, -0.25) is 30.3 Å². The molecule has 4 aliphatic rings. The number of amides is 2. The Morgan fingerprint density at radius 1 is 0.722 bits per heavy atom. The third kappa shape index (κ3) is 5.74. The number of rotatable bonds is 5. The highest BCUT2D eigenvalue weighted by Crippen LogP contribution is 2.54. The van der Waals surface area contributed by atoms with Crippen LogP contribution in [-0.2, 0) is 20.7 Å². The summed E-state index contributed by atoms with van der Waals surface area (Å²) in [6, 6.07) is 14.6. The first-order valence-electron chi connectivity index (χ1n) is 16.5. The minimum absolute atomic E-state index is 0.0490. The van der Waals surface area contributed by atoms with E-state index in [1.54, 1.807) is 42.5 Å². The topological polar surface area (TPSA) is 192 Å². The molecule has 8 N–H and O–H groups in total. The monoisotopic (exact) mass is 820 g/mol. The fourth-order valence-corrected chi connectivity index (χ4v) is 9.15. The van der Waals surface area contributed by atoms with E-state index in [1.165, 1.54) is 30.3 Å². The number of nitrogens with zero attached hydrogens (tertiary/aromatic N) is 1. The molecule has 2 saturated heterocycles. The van der Waals surface area contributed by atoms with Gasteiger partial charge in [0.1, 0.15) is 28.8 Å². The Hall–Kier alpha value is -3.96. The summed E-state index contributed by atoms with van der Waals surface area (Å²) < 4.78 is 29.8. The SMILES string of the molecule is N[C@@H]1[C@H](CO)N[C@@]2(C(=O)Nc3cc(Cl)ccc32)[C@H]1c1cccc(Cl)c1F.O=C1Nc2cc(Cl)ccc2[C@]12N[C@@H](CO)[C@@H]([N+](=O)[O-])[C@@H]2c1cccc(Cl)c1F. The van der Waals surface area contributed by atoms with E-state index in [0.29, 0.717) is 32.5 Å². The first-order valence-corrected chi connectivity index (χ1v) is 18.0. The van der Waals surface area contributed by atoms with Crippen molar-refractivity contribution in [1.29, 1.82) is 0 Å². The Labute approximate surface area is 326 Å². The number of hydrogen-bond acceptors (Lipinski definition) is 9. The lowest BCUT2D eigenvalue weighted by atomic mass is 9.74. The first-order chi connectivity index (χ1) is 25.7. The van der Waals surface area contributed by atoms with Crippen molar-refractivity contribution in [3.63, 3.8) is 0 Å². The van der Waals surface area contributed by atoms with Crippen molar-refractivity contribution in [2.75, 3.05) is 23.8 Å². The summed E-state index contributed by atoms with van der Waals surface area (Å²) in [5.41, 5.74) is 5.45. The first kappa shape index (κ1) is 38.3. The van der Waals surface area contributed by atoms with E-state index in [0.717, 1.165) is 0 Å². The van der Waals surface area contributed by atoms with E-state index >= 15 is 0 Å². The van der Waals surface area contributed by atoms with Gasteiger partial charge < -0.3 is 26.6 Å². The molecule has 18 heteroatoms. The van der Waals surface area contributed by atoms with Crippen LogP contribution in [0.25, 0.3) is 0 Å². The van der Waals surface area contributed by atoms with Crippen LogP contribution in [0.1, 0.15) is 34.1 Å². The van der Waals surface area contributed by atoms with Crippen LogP contribution in [0, 0.1) is 21.7 Å². The summed E-state index contributed by atoms with van der Waals surface area (Å²) in [5, 5.41) is 43.5. The molecule has 0 saturated carbocycles. The summed E-state index contributed by atoms with van der Waals surface area (Å²) >= 11 is 23.9. The van der Waals surface area contributed by atoms with Crippen LogP contribution in [0.5, 0.6) is 0 Å². The molecule has 4 heterocycles. The number of benzene rings is 4. The summed E-state index contributed by atoms with van der Waals surface area (Å²) in [4.78, 5) is 37.5. The van der Waals surface area contributed by atoms with E-state index < -0.39 is 76.2 Å². The van der Waals surface area contributed by atoms with Gasteiger partial charge in [0.05, 0.1) is 29.2 Å². The van der Waals surface area contributed by atoms with Gasteiger partial charge in [-0.25, -0.2) is 8.78 Å². The van der Waals surface area contributed by atoms with Crippen LogP contribution in [0.3, 0.4) is 0 Å². The molecule has 0 bridgehead atoms. The van der Waals surface area contributed by atoms with Crippen LogP contribution in [0.15, 0.2) is 72.8 Å². The van der Waals surface area contributed by atoms with Gasteiger partial charge in [-0.15, -0.1) is 0 Å². The number of hydrogen-bond donors (Lipinski definition) is 7. The third-order valence-corrected chi connectivity index (χ3v) is 11.7. The van der Waals surface area contributed by atoms with Gasteiger partial charge in [0, 0.05) is 61.0 Å². The molecule has 282 valence electrons. The zero-order valence-electron chi connectivity index (χ0n) is 27.6. The van der Waals surface area contributed by atoms with Crippen molar-refractivity contribution >= 4 is 69.6 Å². The molecule has 0 aromatic heterocycles. The zero-order valence-corrected chi connectivity index (χ0v) is 30.7. The summed E-state index contributed by atoms with van der Waals surface area (Å²) in [7, 11) is 0. The highest BCUT2D eigenvalue weighted by atomic mass is 35.5. The highest BCUT2D eigenvalue weighted by molar-refractivity contribution is 6.32. The Morgan fingerprint density at radius 2 is 1.17 bits per heavy atom. The van der Waals surface area contributed by atoms with Crippen molar-refractivity contribution in [3.8, 4) is 0 Å². The summed E-state index contributed by atoms with van der Waals surface area (Å²) in [5.74, 6) is -4.43. The molecule has 4 aromatic rings. The molecule has 8 rings (SSSR count). The number of nitrogens with one attached hydrogen (secondary N) is 4. The lowest BCUT2D eigenvalue weighted by Crippen LogP contribution is -2.49. The molecule has 4 aliphatic heterocycles. The summed E-state index contributed by atoms with van der Waals surface area (Å²) in [6.07, 6.45) is 0. The van der Waals surface area contributed by atoms with Crippen molar-refractivity contribution in [2.45, 2.75) is 47.1 Å². The highest BCUT2D eigenvalue weighted by Gasteiger charge is 2.67. The van der Waals surface area contributed by atoms with Crippen molar-refractivity contribution < 1.29 is 33.5 Å². The van der Waals surface area contributed by atoms with Crippen LogP contribution < -0.4 is 27.0 Å². The van der Waals surface area contributed by atoms with Crippen molar-refractivity contribution in [3.05, 3.63) is 137 Å². The van der Waals surface area contributed by atoms with Crippen molar-refractivity contribution in [1.82, 2.24) is 10.6 Å². The summed E-state index contributed by atoms with van der Waals surface area (Å²) in [6.45, 7) is -0.903. The second-order valence-corrected chi connectivity index (χ2v) is 15.1. The van der Waals surface area contributed by atoms with Crippen molar-refractivity contribution in [2.24, 2.45) is 5.73 Å². The maximum atomic E-state index is 14.9. The smallest absolute Gasteiger partial charge is 0.250 e. The molecule has 0 aliphatic carbocycles. The number of halogens is 6. The number of aliphatic hydroxyl groups excluding tert-OH is 2. The third-order valence-electron chi connectivity index (χ3n) is 10.7. The molecule has 0 unspecified atom stereocenters. The number of anilines is 2. The van der Waals surface area contributed by atoms with E-state index in [2.05, 4.69) is 21.3 Å². The normalized spacial score (nSPS) is 29.1. The van der Waals surface area contributed by atoms with Gasteiger partial charge >= 0.3 is 0 Å². The van der Waals surface area contributed by atoms with Gasteiger partial charge in [-0.1, -0.05) is 82.8 Å². The molecule has 2 spiro atoms. The van der Waals surface area contributed by atoms with Gasteiger partial charge in [-0.05, 0) is 42.0 Å². The molecule has 4 aromatic carbocycles. The fourth-order valence-electron chi connectivity index (χ4n) is 8.44. The van der Waals surface area contributed by atoms with Crippen LogP contribution in [0.4, 0.5) is 20.2 Å². The number of nitrogens with two attached hydrogens (primary N) is 1. The van der Waals surface area contributed by atoms with E-state index in [9.17, 15) is 38.7 Å². The Morgan fingerprint density at radius 3 is 1.63 bits per heavy atom. The van der Waals surface area contributed by atoms with Crippen LogP contribution in [-0.4, -0.2) is 64.3 Å². The molecule has 2 fully saturated rings. The fraction of sp³-hybridized carbons (Fsp3) is 0.278. The number of nitro groups is 1. The molecule has 54 heavy (non-hydrogen) atoms. The number of fused-ring (bicyclic) bond motifs is 4. The molecule has 2 amide bonds. The molecule has 8 atom stereocenters. The minimum atomic E-state index is -1.66. The van der Waals surface area contributed by atoms with Crippen LogP contribution in [0.2, 0.25) is 20.1 Å². The quantitative estimate of drug-likeness (QED) is 0.107. The predicted octanol–water partition coefficient (Wildman–Crippen LogP) is 5.03. The maximum absolute atomic E-state index is 14.9. The van der Waals surface area contributed by atoms with Gasteiger partial charge in [-0.2, -0.15) is 0 Å². The van der Waals surface area contributed by atoms with Gasteiger partial charge in [0.25, 0.3) is 0 Å². The average Bonchev–Trinajstić information content (AvgIpc) is 3.81. The number of carbonyl (C=O) groups is 2. The maximum Gasteiger partial charge on any atom is 0.250 e. The predicted molar refractivity (Wildman–Crippen MR) is 199 cm³/mol. The molecular weight excluding hydrogens is 792 g/mol. The van der Waals surface area contributed by atoms with E-state index in [4.69, 9.17) is 52.1 Å². The lowest BCUT2D eigenvalue weighted by molar-refractivity contribution is -0.527. The largest absolute Gasteiger partial charge is 0.395 e. The number of carbonyl (C=O) groups excluding carboxylic acids is 2. The lowest BCUT2D eigenvalue weighted by Gasteiger charge is -2.31. The van der Waals surface area contributed by atoms with E-state index in [-0.39, 0.29) is 33.7 Å². The number of aliphatic hydroxyl groups is 2. The standard InChI is InChI=1S/C18H14Cl2FN3O4.C18H16Cl2FN3O2/c19-8-4-5-10-12(6-8)22-17(26)18(10)14(9-2-1-3-11(20)15(9)21)16(24(27)28)13(7-25)23-18;19-8-4-5-10-12(6-8)23-17(26)18(10)14(16(22)13(7-25)24-18)9-2-1-3-11(20)15(9)21/h1-6,13-14,16,23,25H,7H2,(H,22,26);1-6,13-14,16,24-25H,7,22H2,(H,23,26)/t2*13-,14-,16+,18+/m00/s1. The zero-order chi connectivity index (χ0) is 38.9. The average molecular weight is 822 g/mol. The molecule has 0 radical (unpaired) electrons. The van der Waals surface area contributed by atoms with E-state index in [1.807, 2.05) is 0 Å². The van der Waals surface area contributed by atoms with Gasteiger partial charge in [0.15, 0.2) is 0 Å². The second-order valence-electron chi connectivity index (χ2n) is 13.4. The molecular formula is C36H30Cl4F2N6O6. The Balaban J connectivity index is 0.000000167.